The number of benzene rings is 1. The number of nitrogens with zero attached hydrogens (tertiary/aromatic N) is 1. The van der Waals surface area contributed by atoms with Crippen LogP contribution in [0.1, 0.15) is 29.0 Å². The smallest absolute Gasteiger partial charge is 0.303 e. The minimum absolute atomic E-state index is 0.0399. The van der Waals surface area contributed by atoms with E-state index in [-0.39, 0.29) is 18.2 Å². The summed E-state index contributed by atoms with van der Waals surface area (Å²) < 4.78 is 5.61. The van der Waals surface area contributed by atoms with Crippen LogP contribution in [0.3, 0.4) is 0 Å². The zero-order valence-electron chi connectivity index (χ0n) is 11.8. The van der Waals surface area contributed by atoms with Gasteiger partial charge in [-0.05, 0) is 37.5 Å². The van der Waals surface area contributed by atoms with Gasteiger partial charge in [0.25, 0.3) is 5.91 Å². The molecule has 5 nitrogen and oxygen atoms in total. The van der Waals surface area contributed by atoms with Crippen molar-refractivity contribution in [2.45, 2.75) is 19.8 Å². The third-order valence-electron chi connectivity index (χ3n) is 3.92. The molecule has 1 N–H and O–H groups in total. The van der Waals surface area contributed by atoms with Crippen LogP contribution in [0, 0.1) is 12.8 Å². The van der Waals surface area contributed by atoms with Crippen LogP contribution >= 0.6 is 0 Å². The Labute approximate surface area is 122 Å². The first-order chi connectivity index (χ1) is 10.0. The molecule has 1 unspecified atom stereocenters. The maximum absolute atomic E-state index is 12.4. The molecule has 0 radical (unpaired) electrons. The normalized spacial score (nSPS) is 18.3. The molecule has 1 aliphatic rings. The maximum Gasteiger partial charge on any atom is 0.303 e. The number of aryl methyl sites for hydroxylation is 1. The minimum atomic E-state index is -0.812. The number of likely N-dealkylation sites (tertiary alicyclic amines) is 1. The Bertz CT molecular complexity index is 703. The summed E-state index contributed by atoms with van der Waals surface area (Å²) in [5, 5.41) is 9.73. The minimum Gasteiger partial charge on any atom is -0.481 e. The van der Waals surface area contributed by atoms with Gasteiger partial charge in [-0.15, -0.1) is 0 Å². The van der Waals surface area contributed by atoms with E-state index in [9.17, 15) is 9.59 Å². The highest BCUT2D eigenvalue weighted by molar-refractivity contribution is 5.96. The Balaban J connectivity index is 1.76. The summed E-state index contributed by atoms with van der Waals surface area (Å²) in [6.07, 6.45) is 0.848. The SMILES string of the molecule is Cc1ccc2oc(C(=O)N3CCC(CC(=O)O)C3)cc2c1. The second-order valence-corrected chi connectivity index (χ2v) is 5.66. The lowest BCUT2D eigenvalue weighted by Crippen LogP contribution is -2.28. The summed E-state index contributed by atoms with van der Waals surface area (Å²) in [6, 6.07) is 7.54. The first-order valence-electron chi connectivity index (χ1n) is 7.04. The number of amides is 1. The zero-order chi connectivity index (χ0) is 15.0. The standard InChI is InChI=1S/C16H17NO4/c1-10-2-3-13-12(6-10)8-14(21-13)16(20)17-5-4-11(9-17)7-15(18)19/h2-3,6,8,11H,4-5,7,9H2,1H3,(H,18,19). The van der Waals surface area contributed by atoms with Crippen molar-refractivity contribution in [2.24, 2.45) is 5.92 Å². The van der Waals surface area contributed by atoms with E-state index in [2.05, 4.69) is 0 Å². The van der Waals surface area contributed by atoms with E-state index in [4.69, 9.17) is 9.52 Å². The zero-order valence-corrected chi connectivity index (χ0v) is 11.8. The van der Waals surface area contributed by atoms with Crippen LogP contribution in [-0.2, 0) is 4.79 Å². The molecule has 5 heteroatoms. The van der Waals surface area contributed by atoms with E-state index in [1.54, 1.807) is 11.0 Å². The predicted octanol–water partition coefficient (Wildman–Crippen LogP) is 2.68. The molecule has 1 fully saturated rings. The van der Waals surface area contributed by atoms with Gasteiger partial charge in [0.1, 0.15) is 5.58 Å². The van der Waals surface area contributed by atoms with Crippen LogP contribution in [0.5, 0.6) is 0 Å². The van der Waals surface area contributed by atoms with Gasteiger partial charge in [0.05, 0.1) is 0 Å². The van der Waals surface area contributed by atoms with Gasteiger partial charge < -0.3 is 14.4 Å². The molecule has 0 spiro atoms. The molecule has 2 aromatic rings. The van der Waals surface area contributed by atoms with Gasteiger partial charge in [-0.3, -0.25) is 9.59 Å². The summed E-state index contributed by atoms with van der Waals surface area (Å²) in [7, 11) is 0. The number of fused-ring (bicyclic) bond motifs is 1. The molecule has 1 atom stereocenters. The second kappa shape index (κ2) is 5.24. The van der Waals surface area contributed by atoms with Crippen molar-refractivity contribution in [3.8, 4) is 0 Å². The van der Waals surface area contributed by atoms with Crippen LogP contribution in [0.25, 0.3) is 11.0 Å². The Morgan fingerprint density at radius 3 is 2.95 bits per heavy atom. The third kappa shape index (κ3) is 2.77. The van der Waals surface area contributed by atoms with E-state index in [0.29, 0.717) is 24.4 Å². The summed E-state index contributed by atoms with van der Waals surface area (Å²) >= 11 is 0. The summed E-state index contributed by atoms with van der Waals surface area (Å²) in [6.45, 7) is 3.07. The fraction of sp³-hybridized carbons (Fsp3) is 0.375. The van der Waals surface area contributed by atoms with Crippen molar-refractivity contribution in [3.05, 3.63) is 35.6 Å². The third-order valence-corrected chi connectivity index (χ3v) is 3.92. The van der Waals surface area contributed by atoms with E-state index >= 15 is 0 Å². The van der Waals surface area contributed by atoms with Crippen molar-refractivity contribution in [2.75, 3.05) is 13.1 Å². The molecule has 1 saturated heterocycles. The number of carboxylic acid groups (broad SMARTS) is 1. The molecule has 21 heavy (non-hydrogen) atoms. The number of carbonyl (C=O) groups is 2. The maximum atomic E-state index is 12.4. The lowest BCUT2D eigenvalue weighted by Gasteiger charge is -2.14. The molecule has 1 aromatic carbocycles. The molecular weight excluding hydrogens is 270 g/mol. The van der Waals surface area contributed by atoms with Gasteiger partial charge in [-0.25, -0.2) is 0 Å². The van der Waals surface area contributed by atoms with Crippen molar-refractivity contribution in [1.29, 1.82) is 0 Å². The molecule has 1 aromatic heterocycles. The number of hydrogen-bond donors (Lipinski definition) is 1. The number of hydrogen-bond acceptors (Lipinski definition) is 3. The molecule has 1 amide bonds. The molecule has 2 heterocycles. The van der Waals surface area contributed by atoms with Crippen LogP contribution in [0.15, 0.2) is 28.7 Å². The second-order valence-electron chi connectivity index (χ2n) is 5.66. The predicted molar refractivity (Wildman–Crippen MR) is 77.2 cm³/mol. The van der Waals surface area contributed by atoms with Crippen molar-refractivity contribution >= 4 is 22.8 Å². The Hall–Kier alpha value is -2.30. The summed E-state index contributed by atoms with van der Waals surface area (Å²) in [5.41, 5.74) is 1.82. The Morgan fingerprint density at radius 2 is 2.19 bits per heavy atom. The van der Waals surface area contributed by atoms with Gasteiger partial charge in [0, 0.05) is 24.9 Å². The van der Waals surface area contributed by atoms with Gasteiger partial charge in [0.15, 0.2) is 5.76 Å². The number of carboxylic acids is 1. The molecule has 3 rings (SSSR count). The number of aliphatic carboxylic acids is 1. The quantitative estimate of drug-likeness (QED) is 0.942. The fourth-order valence-corrected chi connectivity index (χ4v) is 2.85. The molecule has 0 saturated carbocycles. The number of rotatable bonds is 3. The average Bonchev–Trinajstić information content (AvgIpc) is 3.03. The first-order valence-corrected chi connectivity index (χ1v) is 7.04. The van der Waals surface area contributed by atoms with Crippen LogP contribution in [0.2, 0.25) is 0 Å². The lowest BCUT2D eigenvalue weighted by molar-refractivity contribution is -0.138. The van der Waals surface area contributed by atoms with E-state index < -0.39 is 5.97 Å². The van der Waals surface area contributed by atoms with Gasteiger partial charge in [0.2, 0.25) is 0 Å². The number of carbonyl (C=O) groups excluding carboxylic acids is 1. The van der Waals surface area contributed by atoms with E-state index in [0.717, 1.165) is 17.4 Å². The number of furan rings is 1. The largest absolute Gasteiger partial charge is 0.481 e. The van der Waals surface area contributed by atoms with Crippen LogP contribution in [0.4, 0.5) is 0 Å². The van der Waals surface area contributed by atoms with Gasteiger partial charge in [-0.1, -0.05) is 11.6 Å². The Morgan fingerprint density at radius 1 is 1.38 bits per heavy atom. The average molecular weight is 287 g/mol. The van der Waals surface area contributed by atoms with Gasteiger partial charge in [-0.2, -0.15) is 0 Å². The summed E-state index contributed by atoms with van der Waals surface area (Å²) in [4.78, 5) is 24.8. The molecular formula is C16H17NO4. The molecule has 110 valence electrons. The topological polar surface area (TPSA) is 70.8 Å². The highest BCUT2D eigenvalue weighted by atomic mass is 16.4. The summed E-state index contributed by atoms with van der Waals surface area (Å²) in [5.74, 6) is -0.602. The highest BCUT2D eigenvalue weighted by Crippen LogP contribution is 2.25. The van der Waals surface area contributed by atoms with Crippen LogP contribution < -0.4 is 0 Å². The molecule has 0 bridgehead atoms. The van der Waals surface area contributed by atoms with E-state index in [1.165, 1.54) is 0 Å². The highest BCUT2D eigenvalue weighted by Gasteiger charge is 2.29. The molecule has 1 aliphatic heterocycles. The van der Waals surface area contributed by atoms with Crippen molar-refractivity contribution in [3.63, 3.8) is 0 Å². The van der Waals surface area contributed by atoms with Crippen molar-refractivity contribution < 1.29 is 19.1 Å². The lowest BCUT2D eigenvalue weighted by atomic mass is 10.1. The molecule has 0 aliphatic carbocycles. The fourth-order valence-electron chi connectivity index (χ4n) is 2.85. The Kier molecular flexibility index (Phi) is 3.41. The van der Waals surface area contributed by atoms with E-state index in [1.807, 2.05) is 25.1 Å². The van der Waals surface area contributed by atoms with Gasteiger partial charge >= 0.3 is 5.97 Å². The van der Waals surface area contributed by atoms with Crippen molar-refractivity contribution in [1.82, 2.24) is 4.90 Å². The monoisotopic (exact) mass is 287 g/mol. The first kappa shape index (κ1) is 13.7. The van der Waals surface area contributed by atoms with Crippen LogP contribution in [-0.4, -0.2) is 35.0 Å².